The lowest BCUT2D eigenvalue weighted by Gasteiger charge is -2.56. The first-order chi connectivity index (χ1) is 17.4. The van der Waals surface area contributed by atoms with Crippen molar-refractivity contribution in [2.24, 2.45) is 5.41 Å². The van der Waals surface area contributed by atoms with E-state index in [1.54, 1.807) is 54.6 Å². The highest BCUT2D eigenvalue weighted by atomic mass is 35.5. The molecule has 7 nitrogen and oxygen atoms in total. The molecule has 3 aliphatic rings. The summed E-state index contributed by atoms with van der Waals surface area (Å²) in [4.78, 5) is 49.5. The summed E-state index contributed by atoms with van der Waals surface area (Å²) in [5.41, 5.74) is 1.21. The van der Waals surface area contributed by atoms with Crippen LogP contribution in [0.2, 0.25) is 5.02 Å². The molecule has 3 aromatic rings. The van der Waals surface area contributed by atoms with Gasteiger partial charge < -0.3 is 9.80 Å². The average Bonchev–Trinajstić information content (AvgIpc) is 2.89. The van der Waals surface area contributed by atoms with Gasteiger partial charge in [0.1, 0.15) is 0 Å². The molecule has 0 saturated carbocycles. The van der Waals surface area contributed by atoms with E-state index in [-0.39, 0.29) is 6.42 Å². The Balaban J connectivity index is 1.60. The molecule has 3 aliphatic heterocycles. The quantitative estimate of drug-likeness (QED) is 0.493. The van der Waals surface area contributed by atoms with E-state index in [0.717, 1.165) is 17.8 Å². The van der Waals surface area contributed by atoms with Crippen molar-refractivity contribution in [3.8, 4) is 0 Å². The average molecular weight is 501 g/mol. The van der Waals surface area contributed by atoms with Gasteiger partial charge in [-0.2, -0.15) is 0 Å². The van der Waals surface area contributed by atoms with Gasteiger partial charge in [-0.15, -0.1) is 0 Å². The molecule has 3 heterocycles. The number of nitrogens with zero attached hydrogens (tertiary/aromatic N) is 4. The monoisotopic (exact) mass is 500 g/mol. The summed E-state index contributed by atoms with van der Waals surface area (Å²) in [7, 11) is 1.99. The Morgan fingerprint density at radius 3 is 1.97 bits per heavy atom. The summed E-state index contributed by atoms with van der Waals surface area (Å²) in [5.74, 6) is -0.969. The number of imide groups is 2. The van der Waals surface area contributed by atoms with Crippen molar-refractivity contribution in [3.05, 3.63) is 89.4 Å². The summed E-state index contributed by atoms with van der Waals surface area (Å²) >= 11 is 6.36. The minimum Gasteiger partial charge on any atom is -0.364 e. The molecule has 182 valence electrons. The van der Waals surface area contributed by atoms with Crippen molar-refractivity contribution >= 4 is 46.5 Å². The fourth-order valence-electron chi connectivity index (χ4n) is 5.81. The van der Waals surface area contributed by atoms with Gasteiger partial charge >= 0.3 is 6.03 Å². The fraction of sp³-hybridized carbons (Fsp3) is 0.250. The van der Waals surface area contributed by atoms with E-state index in [0.29, 0.717) is 29.5 Å². The topological polar surface area (TPSA) is 64.2 Å². The van der Waals surface area contributed by atoms with Crippen LogP contribution < -0.4 is 14.7 Å². The van der Waals surface area contributed by atoms with Crippen LogP contribution in [0, 0.1) is 5.41 Å². The lowest BCUT2D eigenvalue weighted by Crippen LogP contribution is -2.76. The largest absolute Gasteiger partial charge is 0.364 e. The zero-order valence-corrected chi connectivity index (χ0v) is 20.6. The minimum absolute atomic E-state index is 0.187. The summed E-state index contributed by atoms with van der Waals surface area (Å²) < 4.78 is 0. The number of barbiturate groups is 1. The second kappa shape index (κ2) is 8.47. The normalized spacial score (nSPS) is 21.6. The zero-order chi connectivity index (χ0) is 25.0. The Bertz CT molecular complexity index is 1300. The van der Waals surface area contributed by atoms with Crippen LogP contribution in [-0.4, -0.2) is 55.5 Å². The number of benzene rings is 3. The first-order valence-corrected chi connectivity index (χ1v) is 12.4. The predicted molar refractivity (Wildman–Crippen MR) is 139 cm³/mol. The van der Waals surface area contributed by atoms with Gasteiger partial charge in [0, 0.05) is 30.3 Å². The zero-order valence-electron chi connectivity index (χ0n) is 19.8. The molecular weight excluding hydrogens is 476 g/mol. The van der Waals surface area contributed by atoms with Gasteiger partial charge in [0.05, 0.1) is 17.4 Å². The Labute approximate surface area is 214 Å². The molecule has 2 saturated heterocycles. The van der Waals surface area contributed by atoms with Crippen molar-refractivity contribution in [1.29, 1.82) is 0 Å². The van der Waals surface area contributed by atoms with Gasteiger partial charge in [-0.05, 0) is 55.4 Å². The van der Waals surface area contributed by atoms with Crippen LogP contribution in [0.15, 0.2) is 78.9 Å². The van der Waals surface area contributed by atoms with Crippen LogP contribution in [0.3, 0.4) is 0 Å². The first-order valence-electron chi connectivity index (χ1n) is 12.0. The number of carbonyl (C=O) groups excluding carboxylic acids is 3. The molecule has 1 atom stereocenters. The summed E-state index contributed by atoms with van der Waals surface area (Å²) in [6.45, 7) is 1.93. The Morgan fingerprint density at radius 2 is 1.39 bits per heavy atom. The fourth-order valence-corrected chi connectivity index (χ4v) is 5.98. The maximum Gasteiger partial charge on any atom is 0.342 e. The van der Waals surface area contributed by atoms with Crippen LogP contribution in [-0.2, 0) is 16.0 Å². The van der Waals surface area contributed by atoms with E-state index in [1.165, 1.54) is 9.80 Å². The van der Waals surface area contributed by atoms with E-state index in [9.17, 15) is 14.4 Å². The number of halogens is 1. The summed E-state index contributed by atoms with van der Waals surface area (Å²) in [6.07, 6.45) is 0.187. The second-order valence-corrected chi connectivity index (χ2v) is 10.1. The number of urea groups is 1. The molecule has 0 bridgehead atoms. The lowest BCUT2D eigenvalue weighted by molar-refractivity contribution is -0.143. The molecule has 6 rings (SSSR count). The van der Waals surface area contributed by atoms with Crippen molar-refractivity contribution in [3.63, 3.8) is 0 Å². The van der Waals surface area contributed by atoms with Gasteiger partial charge in [0.2, 0.25) is 0 Å². The molecule has 8 heteroatoms. The number of amides is 4. The number of para-hydroxylation sites is 2. The van der Waals surface area contributed by atoms with E-state index in [4.69, 9.17) is 11.6 Å². The van der Waals surface area contributed by atoms with E-state index in [1.807, 2.05) is 31.3 Å². The molecule has 1 spiro atoms. The molecule has 0 radical (unpaired) electrons. The van der Waals surface area contributed by atoms with Gasteiger partial charge in [0.15, 0.2) is 5.41 Å². The van der Waals surface area contributed by atoms with E-state index in [2.05, 4.69) is 9.80 Å². The van der Waals surface area contributed by atoms with Crippen LogP contribution in [0.4, 0.5) is 21.9 Å². The molecule has 0 unspecified atom stereocenters. The Kier molecular flexibility index (Phi) is 5.35. The number of rotatable bonds is 2. The number of hydrogen-bond acceptors (Lipinski definition) is 5. The number of likely N-dealkylation sites (N-methyl/N-ethyl adjacent to an activating group) is 1. The SMILES string of the molecule is CN1CCN2c3cc(Cl)ccc3CC3(C(=O)N(c4ccccc4)C(=O)N(c4ccccc4)C3=O)[C@H]2C1. The number of fused-ring (bicyclic) bond motifs is 4. The third-order valence-corrected chi connectivity index (χ3v) is 7.79. The van der Waals surface area contributed by atoms with Gasteiger partial charge in [-0.25, -0.2) is 14.6 Å². The van der Waals surface area contributed by atoms with Crippen LogP contribution in [0.1, 0.15) is 5.56 Å². The highest BCUT2D eigenvalue weighted by Gasteiger charge is 2.65. The molecule has 0 N–H and O–H groups in total. The Morgan fingerprint density at radius 1 is 0.806 bits per heavy atom. The molecule has 2 fully saturated rings. The first kappa shape index (κ1) is 22.8. The van der Waals surface area contributed by atoms with Crippen molar-refractivity contribution in [1.82, 2.24) is 4.90 Å². The number of anilines is 3. The molecule has 0 aliphatic carbocycles. The number of carbonyl (C=O) groups is 3. The second-order valence-electron chi connectivity index (χ2n) is 9.63. The number of piperazine rings is 1. The highest BCUT2D eigenvalue weighted by molar-refractivity contribution is 6.39. The smallest absolute Gasteiger partial charge is 0.342 e. The molecular formula is C28H25ClN4O3. The van der Waals surface area contributed by atoms with Gasteiger partial charge in [-0.3, -0.25) is 9.59 Å². The van der Waals surface area contributed by atoms with Crippen LogP contribution in [0.5, 0.6) is 0 Å². The van der Waals surface area contributed by atoms with E-state index < -0.39 is 29.3 Å². The highest BCUT2D eigenvalue weighted by Crippen LogP contribution is 2.49. The van der Waals surface area contributed by atoms with Crippen LogP contribution in [0.25, 0.3) is 0 Å². The molecule has 36 heavy (non-hydrogen) atoms. The molecule has 4 amide bonds. The van der Waals surface area contributed by atoms with E-state index >= 15 is 0 Å². The minimum atomic E-state index is -1.49. The standard InChI is InChI=1S/C28H25ClN4O3/c1-30-14-15-31-23-16-20(29)13-12-19(23)17-28(24(31)18-30)25(34)32(21-8-4-2-5-9-21)27(36)33(26(28)35)22-10-6-3-7-11-22/h2-13,16,24H,14-15,17-18H2,1H3/t24-/m1/s1. The lowest BCUT2D eigenvalue weighted by atomic mass is 9.67. The third kappa shape index (κ3) is 3.27. The Hall–Kier alpha value is -3.68. The third-order valence-electron chi connectivity index (χ3n) is 7.56. The van der Waals surface area contributed by atoms with Crippen molar-refractivity contribution < 1.29 is 14.4 Å². The van der Waals surface area contributed by atoms with Crippen molar-refractivity contribution in [2.45, 2.75) is 12.5 Å². The maximum absolute atomic E-state index is 14.5. The van der Waals surface area contributed by atoms with Gasteiger partial charge in [0.25, 0.3) is 11.8 Å². The number of hydrogen-bond donors (Lipinski definition) is 0. The van der Waals surface area contributed by atoms with Gasteiger partial charge in [-0.1, -0.05) is 54.1 Å². The molecule has 3 aromatic carbocycles. The van der Waals surface area contributed by atoms with Crippen LogP contribution >= 0.6 is 11.6 Å². The predicted octanol–water partition coefficient (Wildman–Crippen LogP) is 4.20. The summed E-state index contributed by atoms with van der Waals surface area (Å²) in [6, 6.07) is 22.2. The molecule has 0 aromatic heterocycles. The maximum atomic E-state index is 14.5. The summed E-state index contributed by atoms with van der Waals surface area (Å²) in [5, 5.41) is 0.607. The van der Waals surface area contributed by atoms with Crippen molar-refractivity contribution in [2.75, 3.05) is 41.4 Å².